The van der Waals surface area contributed by atoms with Gasteiger partial charge in [0.1, 0.15) is 0 Å². The van der Waals surface area contributed by atoms with Gasteiger partial charge in [-0.2, -0.15) is 0 Å². The summed E-state index contributed by atoms with van der Waals surface area (Å²) in [5, 5.41) is 4.11. The molecule has 3 N–H and O–H groups in total. The molecule has 0 saturated carbocycles. The molecule has 1 amide bonds. The number of ether oxygens (including phenoxy) is 1. The van der Waals surface area contributed by atoms with Crippen LogP contribution in [-0.2, 0) is 11.2 Å². The number of rotatable bonds is 5. The summed E-state index contributed by atoms with van der Waals surface area (Å²) in [6, 6.07) is 4.28. The molecule has 14 heteroatoms. The van der Waals surface area contributed by atoms with Crippen molar-refractivity contribution in [2.24, 2.45) is 0 Å². The van der Waals surface area contributed by atoms with Gasteiger partial charge in [0, 0.05) is 17.1 Å². The molecule has 3 heterocycles. The number of carbonyl (C=O) groups excluding carboxylic acids is 1. The zero-order valence-electron chi connectivity index (χ0n) is 16.1. The van der Waals surface area contributed by atoms with E-state index in [2.05, 4.69) is 30.0 Å². The predicted octanol–water partition coefficient (Wildman–Crippen LogP) is 2.95. The maximum absolute atomic E-state index is 13.6. The third-order valence-electron chi connectivity index (χ3n) is 4.26. The van der Waals surface area contributed by atoms with E-state index in [1.54, 1.807) is 0 Å². The lowest BCUT2D eigenvalue weighted by molar-refractivity contribution is -0.275. The van der Waals surface area contributed by atoms with Crippen LogP contribution in [0.15, 0.2) is 45.4 Å². The predicted molar refractivity (Wildman–Crippen MR) is 110 cm³/mol. The molecule has 3 aromatic heterocycles. The van der Waals surface area contributed by atoms with Gasteiger partial charge >= 0.3 is 12.1 Å². The van der Waals surface area contributed by atoms with Crippen LogP contribution in [0.3, 0.4) is 0 Å². The third kappa shape index (κ3) is 5.06. The van der Waals surface area contributed by atoms with E-state index in [9.17, 15) is 31.9 Å². The van der Waals surface area contributed by atoms with Crippen molar-refractivity contribution in [3.63, 3.8) is 0 Å². The van der Waals surface area contributed by atoms with E-state index in [4.69, 9.17) is 0 Å². The lowest BCUT2D eigenvalue weighted by Gasteiger charge is -2.10. The molecule has 0 radical (unpaired) electrons. The Kier molecular flexibility index (Phi) is 5.68. The van der Waals surface area contributed by atoms with E-state index >= 15 is 0 Å². The Labute approximate surface area is 184 Å². The molecule has 170 valence electrons. The Morgan fingerprint density at radius 3 is 2.73 bits per heavy atom. The molecule has 33 heavy (non-hydrogen) atoms. The summed E-state index contributed by atoms with van der Waals surface area (Å²) >= 11 is 0.980. The fourth-order valence-corrected chi connectivity index (χ4v) is 3.70. The van der Waals surface area contributed by atoms with Crippen molar-refractivity contribution in [2.75, 3.05) is 5.32 Å². The number of amides is 1. The SMILES string of the molecule is O=C(Cc1nccc2[nH]c(=O)[nH]c(=O)c12)Nc1nc(-c2ccc(F)c(OC(F)(F)F)c2)cs1. The van der Waals surface area contributed by atoms with Crippen LogP contribution in [0.1, 0.15) is 5.69 Å². The molecule has 0 aliphatic rings. The van der Waals surface area contributed by atoms with Gasteiger partial charge in [0.2, 0.25) is 5.91 Å². The molecule has 4 aromatic rings. The van der Waals surface area contributed by atoms with Gasteiger partial charge in [-0.1, -0.05) is 0 Å². The molecule has 0 atom stereocenters. The lowest BCUT2D eigenvalue weighted by Crippen LogP contribution is -2.24. The van der Waals surface area contributed by atoms with Crippen LogP contribution in [0, 0.1) is 5.82 Å². The van der Waals surface area contributed by atoms with Gasteiger partial charge < -0.3 is 15.0 Å². The quantitative estimate of drug-likeness (QED) is 0.376. The van der Waals surface area contributed by atoms with Gasteiger partial charge in [-0.3, -0.25) is 19.6 Å². The normalized spacial score (nSPS) is 11.5. The van der Waals surface area contributed by atoms with Crippen LogP contribution in [-0.4, -0.2) is 32.2 Å². The summed E-state index contributed by atoms with van der Waals surface area (Å²) in [5.74, 6) is -2.79. The highest BCUT2D eigenvalue weighted by atomic mass is 32.1. The van der Waals surface area contributed by atoms with Crippen molar-refractivity contribution in [2.45, 2.75) is 12.8 Å². The van der Waals surface area contributed by atoms with Crippen molar-refractivity contribution in [1.29, 1.82) is 0 Å². The zero-order valence-corrected chi connectivity index (χ0v) is 16.9. The summed E-state index contributed by atoms with van der Waals surface area (Å²) in [4.78, 5) is 48.6. The lowest BCUT2D eigenvalue weighted by atomic mass is 10.1. The first-order valence-corrected chi connectivity index (χ1v) is 9.88. The van der Waals surface area contributed by atoms with Gasteiger partial charge in [0.25, 0.3) is 5.56 Å². The van der Waals surface area contributed by atoms with Crippen molar-refractivity contribution in [3.05, 3.63) is 68.2 Å². The number of fused-ring (bicyclic) bond motifs is 1. The number of carbonyl (C=O) groups is 1. The molecule has 0 spiro atoms. The van der Waals surface area contributed by atoms with E-state index in [1.807, 2.05) is 0 Å². The number of benzene rings is 1. The number of halogens is 4. The van der Waals surface area contributed by atoms with Crippen LogP contribution >= 0.6 is 11.3 Å². The second kappa shape index (κ2) is 8.46. The number of aromatic amines is 2. The highest BCUT2D eigenvalue weighted by Gasteiger charge is 2.32. The average molecular weight is 481 g/mol. The fraction of sp³-hybridized carbons (Fsp3) is 0.105. The second-order valence-corrected chi connectivity index (χ2v) is 7.40. The number of H-pyrrole nitrogens is 2. The number of alkyl halides is 3. The smallest absolute Gasteiger partial charge is 0.403 e. The number of anilines is 1. The van der Waals surface area contributed by atoms with E-state index in [0.717, 1.165) is 23.5 Å². The Hall–Kier alpha value is -4.07. The van der Waals surface area contributed by atoms with Gasteiger partial charge in [-0.05, 0) is 24.3 Å². The summed E-state index contributed by atoms with van der Waals surface area (Å²) < 4.78 is 54.6. The Morgan fingerprint density at radius 1 is 1.18 bits per heavy atom. The van der Waals surface area contributed by atoms with Crippen molar-refractivity contribution in [3.8, 4) is 17.0 Å². The topological polar surface area (TPSA) is 130 Å². The molecule has 1 aromatic carbocycles. The minimum atomic E-state index is -5.06. The molecule has 0 unspecified atom stereocenters. The standard InChI is InChI=1S/C19H11F4N5O4S/c20-9-2-1-8(5-13(9)32-19(21,22)23)12-7-33-18(26-12)27-14(29)6-11-15-10(3-4-24-11)25-17(31)28-16(15)30/h1-5,7H,6H2,(H,26,27,29)(H2,25,28,30,31). The number of nitrogens with zero attached hydrogens (tertiary/aromatic N) is 2. The minimum Gasteiger partial charge on any atom is -0.403 e. The molecule has 0 bridgehead atoms. The first-order valence-electron chi connectivity index (χ1n) is 9.00. The highest BCUT2D eigenvalue weighted by Crippen LogP contribution is 2.32. The van der Waals surface area contributed by atoms with E-state index in [0.29, 0.717) is 0 Å². The van der Waals surface area contributed by atoms with Crippen LogP contribution in [0.4, 0.5) is 22.7 Å². The minimum absolute atomic E-state index is 0.0515. The third-order valence-corrected chi connectivity index (χ3v) is 5.02. The molecular weight excluding hydrogens is 470 g/mol. The molecule has 9 nitrogen and oxygen atoms in total. The molecule has 0 fully saturated rings. The zero-order chi connectivity index (χ0) is 23.8. The highest BCUT2D eigenvalue weighted by molar-refractivity contribution is 7.14. The summed E-state index contributed by atoms with van der Waals surface area (Å²) in [6.45, 7) is 0. The Balaban J connectivity index is 1.53. The van der Waals surface area contributed by atoms with Gasteiger partial charge in [0.05, 0.1) is 28.7 Å². The van der Waals surface area contributed by atoms with Gasteiger partial charge in [-0.25, -0.2) is 14.2 Å². The van der Waals surface area contributed by atoms with Crippen molar-refractivity contribution in [1.82, 2.24) is 19.9 Å². The molecule has 4 rings (SSSR count). The van der Waals surface area contributed by atoms with Crippen molar-refractivity contribution >= 4 is 33.3 Å². The first-order chi connectivity index (χ1) is 15.6. The van der Waals surface area contributed by atoms with E-state index in [1.165, 1.54) is 23.7 Å². The summed E-state index contributed by atoms with van der Waals surface area (Å²) in [7, 11) is 0. The Bertz CT molecular complexity index is 1480. The molecule has 0 saturated heterocycles. The summed E-state index contributed by atoms with van der Waals surface area (Å²) in [5.41, 5.74) is -0.750. The molecule has 0 aliphatic carbocycles. The second-order valence-electron chi connectivity index (χ2n) is 6.54. The average Bonchev–Trinajstić information content (AvgIpc) is 3.16. The number of hydrogen-bond acceptors (Lipinski definition) is 7. The maximum atomic E-state index is 13.6. The number of nitrogens with one attached hydrogen (secondary N) is 3. The van der Waals surface area contributed by atoms with Crippen LogP contribution in [0.2, 0.25) is 0 Å². The fourth-order valence-electron chi connectivity index (χ4n) is 2.96. The van der Waals surface area contributed by atoms with Crippen LogP contribution in [0.25, 0.3) is 22.2 Å². The molecule has 0 aliphatic heterocycles. The van der Waals surface area contributed by atoms with Crippen LogP contribution < -0.4 is 21.3 Å². The first kappa shape index (κ1) is 22.1. The number of pyridine rings is 1. The van der Waals surface area contributed by atoms with Gasteiger partial charge in [-0.15, -0.1) is 24.5 Å². The Morgan fingerprint density at radius 2 is 1.97 bits per heavy atom. The summed E-state index contributed by atoms with van der Waals surface area (Å²) in [6.07, 6.45) is -4.05. The monoisotopic (exact) mass is 481 g/mol. The number of aromatic nitrogens is 4. The van der Waals surface area contributed by atoms with Gasteiger partial charge in [0.15, 0.2) is 16.7 Å². The van der Waals surface area contributed by atoms with Crippen LogP contribution in [0.5, 0.6) is 5.75 Å². The largest absolute Gasteiger partial charge is 0.573 e. The van der Waals surface area contributed by atoms with Crippen molar-refractivity contribution < 1.29 is 27.1 Å². The number of thiazole rings is 1. The maximum Gasteiger partial charge on any atom is 0.573 e. The number of hydrogen-bond donors (Lipinski definition) is 3. The van der Waals surface area contributed by atoms with E-state index in [-0.39, 0.29) is 39.4 Å². The van der Waals surface area contributed by atoms with E-state index < -0.39 is 35.1 Å². The molecular formula is C19H11F4N5O4S.